The summed E-state index contributed by atoms with van der Waals surface area (Å²) in [6.45, 7) is 3.43. The van der Waals surface area contributed by atoms with Gasteiger partial charge in [-0.25, -0.2) is 0 Å². The first kappa shape index (κ1) is 36.1. The van der Waals surface area contributed by atoms with Crippen LogP contribution in [-0.4, -0.2) is 128 Å². The lowest BCUT2D eigenvalue weighted by Crippen LogP contribution is -2.47. The van der Waals surface area contributed by atoms with Gasteiger partial charge in [-0.1, -0.05) is 42.5 Å². The highest BCUT2D eigenvalue weighted by Crippen LogP contribution is 2.31. The van der Waals surface area contributed by atoms with E-state index in [9.17, 15) is 34.8 Å². The minimum Gasteiger partial charge on any atom is -0.486 e. The number of likely N-dealkylation sites (tertiary alicyclic amines) is 2. The number of pyridine rings is 1. The van der Waals surface area contributed by atoms with Gasteiger partial charge >= 0.3 is 0 Å². The summed E-state index contributed by atoms with van der Waals surface area (Å²) in [5.41, 5.74) is 3.62. The number of benzene rings is 2. The number of aliphatic hydroxyl groups excluding tert-OH is 4. The molecule has 2 aromatic carbocycles. The Labute approximate surface area is 285 Å². The van der Waals surface area contributed by atoms with Gasteiger partial charge in [0, 0.05) is 51.8 Å². The van der Waals surface area contributed by atoms with Gasteiger partial charge in [0.15, 0.2) is 0 Å². The van der Waals surface area contributed by atoms with Crippen LogP contribution >= 0.6 is 0 Å². The first-order valence-electron chi connectivity index (χ1n) is 16.5. The first-order chi connectivity index (χ1) is 23.6. The molecule has 5 rings (SSSR count). The number of carbonyl (C=O) groups excluding carboxylic acids is 3. The van der Waals surface area contributed by atoms with E-state index < -0.39 is 48.6 Å². The molecule has 2 saturated heterocycles. The second kappa shape index (κ2) is 16.4. The van der Waals surface area contributed by atoms with Crippen molar-refractivity contribution in [2.45, 2.75) is 75.4 Å². The van der Waals surface area contributed by atoms with Crippen molar-refractivity contribution < 1.29 is 39.5 Å². The molecule has 262 valence electrons. The van der Waals surface area contributed by atoms with Crippen LogP contribution < -0.4 is 15.4 Å². The van der Waals surface area contributed by atoms with Crippen LogP contribution in [0.4, 0.5) is 0 Å². The molecule has 13 heteroatoms. The van der Waals surface area contributed by atoms with Gasteiger partial charge in [0.2, 0.25) is 11.8 Å². The number of rotatable bonds is 14. The summed E-state index contributed by atoms with van der Waals surface area (Å²) in [7, 11) is 0. The van der Waals surface area contributed by atoms with Crippen LogP contribution in [-0.2, 0) is 27.3 Å². The van der Waals surface area contributed by atoms with E-state index >= 15 is 0 Å². The molecule has 0 radical (unpaired) electrons. The van der Waals surface area contributed by atoms with E-state index in [1.807, 2.05) is 64.4 Å². The molecule has 3 aromatic rings. The van der Waals surface area contributed by atoms with Crippen LogP contribution in [0, 0.1) is 0 Å². The molecule has 2 aliphatic rings. The number of nitrogens with one attached hydrogen (secondary N) is 2. The minimum atomic E-state index is -1.15. The Morgan fingerprint density at radius 3 is 2.00 bits per heavy atom. The van der Waals surface area contributed by atoms with E-state index in [4.69, 9.17) is 4.74 Å². The Bertz CT molecular complexity index is 1540. The van der Waals surface area contributed by atoms with E-state index in [1.165, 1.54) is 13.8 Å². The third-order valence-corrected chi connectivity index (χ3v) is 9.45. The van der Waals surface area contributed by atoms with E-state index in [0.717, 1.165) is 28.7 Å². The zero-order valence-corrected chi connectivity index (χ0v) is 27.6. The zero-order valence-electron chi connectivity index (χ0n) is 27.6. The monoisotopic (exact) mass is 675 g/mol. The quantitative estimate of drug-likeness (QED) is 0.125. The van der Waals surface area contributed by atoms with Crippen LogP contribution in [0.2, 0.25) is 0 Å². The van der Waals surface area contributed by atoms with E-state index in [-0.39, 0.29) is 31.5 Å². The standard InChI is InChI=1S/C36H45N5O8/c1-22(44)38-17-29-33(46)34(47)31(20-42)40(29)16-14-24-8-12-27(13-9-24)49-36-32(21-43)41(30(35(36)48)18-39-23(2)45)19-25-6-10-26(11-7-25)28-5-3-4-15-37-28/h3-13,15,21,29-36,42,46-48H,14,16-20H2,1-2H3,(H,38,44)(H,39,45). The van der Waals surface area contributed by atoms with Gasteiger partial charge < -0.3 is 40.6 Å². The SMILES string of the molecule is CC(=O)NCC1C(O)C(Oc2ccc(CCN3C(CO)C(O)C(O)C3CNC(C)=O)cc2)C(C=O)N1Cc1ccc(-c2ccccn2)cc1. The highest BCUT2D eigenvalue weighted by molar-refractivity contribution is 5.73. The van der Waals surface area contributed by atoms with Gasteiger partial charge in [-0.05, 0) is 41.8 Å². The van der Waals surface area contributed by atoms with Crippen molar-refractivity contribution in [3.8, 4) is 17.0 Å². The zero-order chi connectivity index (χ0) is 35.1. The number of amides is 2. The predicted octanol–water partition coefficient (Wildman–Crippen LogP) is -0.110. The molecule has 2 aliphatic heterocycles. The topological polar surface area (TPSA) is 185 Å². The molecule has 2 amide bonds. The van der Waals surface area contributed by atoms with Gasteiger partial charge in [-0.15, -0.1) is 0 Å². The number of hydrogen-bond donors (Lipinski definition) is 6. The highest BCUT2D eigenvalue weighted by Gasteiger charge is 2.50. The van der Waals surface area contributed by atoms with E-state index in [1.54, 1.807) is 18.3 Å². The highest BCUT2D eigenvalue weighted by atomic mass is 16.5. The predicted molar refractivity (Wildman–Crippen MR) is 180 cm³/mol. The molecule has 49 heavy (non-hydrogen) atoms. The van der Waals surface area contributed by atoms with E-state index in [0.29, 0.717) is 25.3 Å². The largest absolute Gasteiger partial charge is 0.486 e. The van der Waals surface area contributed by atoms with Crippen LogP contribution in [0.3, 0.4) is 0 Å². The summed E-state index contributed by atoms with van der Waals surface area (Å²) >= 11 is 0. The lowest BCUT2D eigenvalue weighted by atomic mass is 10.1. The lowest BCUT2D eigenvalue weighted by Gasteiger charge is -2.29. The van der Waals surface area contributed by atoms with Crippen LogP contribution in [0.15, 0.2) is 72.9 Å². The Morgan fingerprint density at radius 2 is 1.43 bits per heavy atom. The average Bonchev–Trinajstić information content (AvgIpc) is 3.49. The summed E-state index contributed by atoms with van der Waals surface area (Å²) in [5, 5.41) is 47.8. The van der Waals surface area contributed by atoms with Gasteiger partial charge in [0.25, 0.3) is 0 Å². The van der Waals surface area contributed by atoms with Crippen molar-refractivity contribution in [3.63, 3.8) is 0 Å². The van der Waals surface area contributed by atoms with Crippen molar-refractivity contribution in [2.75, 3.05) is 26.2 Å². The Kier molecular flexibility index (Phi) is 12.1. The summed E-state index contributed by atoms with van der Waals surface area (Å²) in [4.78, 5) is 43.9. The third-order valence-electron chi connectivity index (χ3n) is 9.45. The average molecular weight is 676 g/mol. The number of ether oxygens (including phenoxy) is 1. The van der Waals surface area contributed by atoms with Crippen molar-refractivity contribution in [3.05, 3.63) is 84.1 Å². The first-order valence-corrected chi connectivity index (χ1v) is 16.5. The number of carbonyl (C=O) groups is 3. The molecule has 0 bridgehead atoms. The van der Waals surface area contributed by atoms with Gasteiger partial charge in [0.1, 0.15) is 30.3 Å². The van der Waals surface area contributed by atoms with E-state index in [2.05, 4.69) is 15.6 Å². The van der Waals surface area contributed by atoms with Gasteiger partial charge in [0.05, 0.1) is 42.6 Å². The maximum atomic E-state index is 12.5. The third kappa shape index (κ3) is 8.50. The van der Waals surface area contributed by atoms with Crippen molar-refractivity contribution in [2.24, 2.45) is 0 Å². The molecular weight excluding hydrogens is 630 g/mol. The summed E-state index contributed by atoms with van der Waals surface area (Å²) in [5.74, 6) is -0.0591. The molecule has 0 spiro atoms. The van der Waals surface area contributed by atoms with Gasteiger partial charge in [-0.3, -0.25) is 24.4 Å². The summed E-state index contributed by atoms with van der Waals surface area (Å²) in [6, 6.07) is 18.1. The fraction of sp³-hybridized carbons (Fsp3) is 0.444. The fourth-order valence-electron chi connectivity index (χ4n) is 6.83. The molecule has 0 saturated carbocycles. The smallest absolute Gasteiger partial charge is 0.216 e. The Morgan fingerprint density at radius 1 is 0.816 bits per heavy atom. The Balaban J connectivity index is 1.27. The Hall–Kier alpha value is -4.24. The minimum absolute atomic E-state index is 0.128. The molecule has 1 aromatic heterocycles. The van der Waals surface area contributed by atoms with Crippen molar-refractivity contribution in [1.82, 2.24) is 25.4 Å². The molecule has 8 unspecified atom stereocenters. The summed E-state index contributed by atoms with van der Waals surface area (Å²) in [6.07, 6.45) is -1.24. The molecule has 2 fully saturated rings. The molecule has 13 nitrogen and oxygen atoms in total. The number of hydrogen-bond acceptors (Lipinski definition) is 11. The molecule has 0 aliphatic carbocycles. The van der Waals surface area contributed by atoms with Gasteiger partial charge in [-0.2, -0.15) is 0 Å². The second-order valence-corrected chi connectivity index (χ2v) is 12.7. The molecular formula is C36H45N5O8. The van der Waals surface area contributed by atoms with Crippen molar-refractivity contribution in [1.29, 1.82) is 0 Å². The molecule has 6 N–H and O–H groups in total. The lowest BCUT2D eigenvalue weighted by molar-refractivity contribution is -0.120. The van der Waals surface area contributed by atoms with Crippen LogP contribution in [0.25, 0.3) is 11.3 Å². The van der Waals surface area contributed by atoms with Crippen LogP contribution in [0.1, 0.15) is 25.0 Å². The number of aldehydes is 1. The maximum absolute atomic E-state index is 12.5. The summed E-state index contributed by atoms with van der Waals surface area (Å²) < 4.78 is 6.25. The normalized spacial score (nSPS) is 27.1. The molecule has 3 heterocycles. The molecule has 8 atom stereocenters. The van der Waals surface area contributed by atoms with Crippen LogP contribution in [0.5, 0.6) is 5.75 Å². The fourth-order valence-corrected chi connectivity index (χ4v) is 6.83. The van der Waals surface area contributed by atoms with Crippen molar-refractivity contribution >= 4 is 18.1 Å². The number of nitrogens with zero attached hydrogens (tertiary/aromatic N) is 3. The number of aromatic nitrogens is 1. The second-order valence-electron chi connectivity index (χ2n) is 12.7. The maximum Gasteiger partial charge on any atom is 0.216 e. The number of aliphatic hydroxyl groups is 4.